The molecule has 98 valence electrons. The lowest BCUT2D eigenvalue weighted by molar-refractivity contribution is -0.114. The van der Waals surface area contributed by atoms with Crippen molar-refractivity contribution in [2.45, 2.75) is 24.8 Å². The van der Waals surface area contributed by atoms with Crippen molar-refractivity contribution < 1.29 is 4.79 Å². The summed E-state index contributed by atoms with van der Waals surface area (Å²) in [4.78, 5) is 17.6. The Morgan fingerprint density at radius 2 is 2.16 bits per heavy atom. The van der Waals surface area contributed by atoms with Gasteiger partial charge in [-0.1, -0.05) is 23.7 Å². The highest BCUT2D eigenvalue weighted by molar-refractivity contribution is 6.35. The lowest BCUT2D eigenvalue weighted by atomic mass is 9.49. The van der Waals surface area contributed by atoms with E-state index in [1.807, 2.05) is 36.2 Å². The van der Waals surface area contributed by atoms with E-state index in [-0.39, 0.29) is 11.4 Å². The van der Waals surface area contributed by atoms with Gasteiger partial charge in [-0.2, -0.15) is 0 Å². The van der Waals surface area contributed by atoms with Gasteiger partial charge in [-0.05, 0) is 37.3 Å². The third-order valence-electron chi connectivity index (χ3n) is 4.86. The Morgan fingerprint density at radius 3 is 2.74 bits per heavy atom. The number of fused-ring (bicyclic) bond motifs is 1. The number of nitrogens with one attached hydrogen (secondary N) is 1. The molecule has 3 nitrogen and oxygen atoms in total. The Labute approximate surface area is 116 Å². The van der Waals surface area contributed by atoms with Crippen molar-refractivity contribution in [3.63, 3.8) is 0 Å². The molecular weight excluding hydrogens is 260 g/mol. The average Bonchev–Trinajstić information content (AvgIpc) is 2.69. The molecule has 0 radical (unpaired) electrons. The van der Waals surface area contributed by atoms with Crippen molar-refractivity contribution in [1.29, 1.82) is 0 Å². The Balaban J connectivity index is 1.69. The molecule has 3 saturated carbocycles. The number of aromatic nitrogens is 1. The van der Waals surface area contributed by atoms with E-state index < -0.39 is 0 Å². The van der Waals surface area contributed by atoms with Crippen LogP contribution in [0.25, 0.3) is 10.9 Å². The fourth-order valence-electron chi connectivity index (χ4n) is 3.47. The van der Waals surface area contributed by atoms with Crippen LogP contribution in [0.15, 0.2) is 24.3 Å². The predicted molar refractivity (Wildman–Crippen MR) is 75.5 cm³/mol. The van der Waals surface area contributed by atoms with Crippen molar-refractivity contribution in [2.75, 3.05) is 7.05 Å². The molecule has 3 aliphatic carbocycles. The number of nitrogens with zero attached hydrogens (tertiary/aromatic N) is 1. The topological polar surface area (TPSA) is 36.1 Å². The minimum absolute atomic E-state index is 0.0745. The molecule has 1 N–H and O–H groups in total. The number of hydrogen-bond acceptors (Lipinski definition) is 1. The first-order chi connectivity index (χ1) is 9.09. The van der Waals surface area contributed by atoms with Crippen LogP contribution < -0.4 is 0 Å². The van der Waals surface area contributed by atoms with Crippen LogP contribution in [0.4, 0.5) is 0 Å². The molecule has 3 fully saturated rings. The smallest absolute Gasteiger partial charge is 0.270 e. The zero-order chi connectivity index (χ0) is 13.2. The summed E-state index contributed by atoms with van der Waals surface area (Å²) >= 11 is 6.13. The zero-order valence-corrected chi connectivity index (χ0v) is 11.5. The fraction of sp³-hybridized carbons (Fsp3) is 0.400. The van der Waals surface area contributed by atoms with E-state index in [9.17, 15) is 4.79 Å². The van der Waals surface area contributed by atoms with Crippen LogP contribution in [0, 0.1) is 5.92 Å². The molecule has 3 aliphatic rings. The number of benzene rings is 1. The van der Waals surface area contributed by atoms with Crippen molar-refractivity contribution in [2.24, 2.45) is 5.92 Å². The minimum atomic E-state index is 0.0745. The predicted octanol–water partition coefficient (Wildman–Crippen LogP) is 3.45. The zero-order valence-electron chi connectivity index (χ0n) is 10.7. The Hall–Kier alpha value is -1.48. The van der Waals surface area contributed by atoms with Gasteiger partial charge in [0.25, 0.3) is 5.91 Å². The molecule has 1 amide bonds. The van der Waals surface area contributed by atoms with Gasteiger partial charge in [-0.15, -0.1) is 0 Å². The maximum Gasteiger partial charge on any atom is 0.270 e. The Kier molecular flexibility index (Phi) is 2.12. The summed E-state index contributed by atoms with van der Waals surface area (Å²) in [5.41, 5.74) is 1.64. The molecule has 1 aromatic carbocycles. The van der Waals surface area contributed by atoms with Crippen LogP contribution in [0.1, 0.15) is 29.8 Å². The highest BCUT2D eigenvalue weighted by Crippen LogP contribution is 2.60. The van der Waals surface area contributed by atoms with Gasteiger partial charge in [0.05, 0.1) is 10.5 Å². The van der Waals surface area contributed by atoms with Gasteiger partial charge < -0.3 is 9.88 Å². The number of hydrogen-bond donors (Lipinski definition) is 1. The summed E-state index contributed by atoms with van der Waals surface area (Å²) in [5, 5.41) is 1.64. The fourth-order valence-corrected chi connectivity index (χ4v) is 3.70. The molecule has 1 aromatic heterocycles. The van der Waals surface area contributed by atoms with E-state index in [4.69, 9.17) is 11.6 Å². The second-order valence-electron chi connectivity index (χ2n) is 5.95. The maximum absolute atomic E-state index is 12.5. The molecule has 5 rings (SSSR count). The molecule has 0 unspecified atom stereocenters. The van der Waals surface area contributed by atoms with Crippen molar-refractivity contribution in [1.82, 2.24) is 9.88 Å². The third kappa shape index (κ3) is 1.42. The molecule has 0 saturated heterocycles. The van der Waals surface area contributed by atoms with Gasteiger partial charge in [0.15, 0.2) is 0 Å². The quantitative estimate of drug-likeness (QED) is 0.895. The van der Waals surface area contributed by atoms with Crippen LogP contribution in [-0.4, -0.2) is 28.4 Å². The summed E-state index contributed by atoms with van der Waals surface area (Å²) in [6, 6.07) is 7.60. The highest BCUT2D eigenvalue weighted by atomic mass is 35.5. The Bertz CT molecular complexity index is 673. The molecule has 0 spiro atoms. The second-order valence-corrected chi connectivity index (χ2v) is 6.36. The average molecular weight is 275 g/mol. The number of aromatic amines is 1. The summed E-state index contributed by atoms with van der Waals surface area (Å²) in [7, 11) is 1.92. The highest BCUT2D eigenvalue weighted by Gasteiger charge is 2.60. The molecule has 0 atom stereocenters. The molecule has 2 aromatic rings. The molecule has 19 heavy (non-hydrogen) atoms. The number of carbonyl (C=O) groups is 1. The lowest BCUT2D eigenvalue weighted by Crippen LogP contribution is -2.68. The first-order valence-corrected chi connectivity index (χ1v) is 7.02. The number of carbonyl (C=O) groups excluding carboxylic acids is 1. The van der Waals surface area contributed by atoms with Gasteiger partial charge >= 0.3 is 0 Å². The van der Waals surface area contributed by atoms with E-state index >= 15 is 0 Å². The molecule has 4 heteroatoms. The second kappa shape index (κ2) is 3.54. The summed E-state index contributed by atoms with van der Waals surface area (Å²) in [6.07, 6.45) is 3.53. The van der Waals surface area contributed by atoms with Gasteiger partial charge in [0, 0.05) is 18.0 Å². The van der Waals surface area contributed by atoms with Gasteiger partial charge in [0.2, 0.25) is 0 Å². The van der Waals surface area contributed by atoms with E-state index in [0.717, 1.165) is 16.8 Å². The molecule has 0 aliphatic heterocycles. The number of para-hydroxylation sites is 1. The van der Waals surface area contributed by atoms with Gasteiger partial charge in [-0.3, -0.25) is 4.79 Å². The van der Waals surface area contributed by atoms with Crippen LogP contribution in [0.3, 0.4) is 0 Å². The van der Waals surface area contributed by atoms with Gasteiger partial charge in [-0.25, -0.2) is 0 Å². The summed E-state index contributed by atoms with van der Waals surface area (Å²) in [6.45, 7) is 0. The lowest BCUT2D eigenvalue weighted by Gasteiger charge is -2.65. The first kappa shape index (κ1) is 11.4. The van der Waals surface area contributed by atoms with Crippen LogP contribution in [0.5, 0.6) is 0 Å². The normalized spacial score (nSPS) is 27.8. The SMILES string of the molecule is CN(C(=O)c1cc2cccc(Cl)c2[nH]1)C12CC(C1)C2. The maximum atomic E-state index is 12.5. The monoisotopic (exact) mass is 274 g/mol. The standard InChI is InChI=1S/C15H15ClN2O/c1-18(15-6-9(7-15)8-15)14(19)12-5-10-3-2-4-11(16)13(10)17-12/h2-5,9,17H,6-8H2,1H3. The van der Waals surface area contributed by atoms with E-state index in [1.165, 1.54) is 19.3 Å². The van der Waals surface area contributed by atoms with E-state index in [0.29, 0.717) is 10.7 Å². The third-order valence-corrected chi connectivity index (χ3v) is 5.17. The van der Waals surface area contributed by atoms with Crippen LogP contribution in [0.2, 0.25) is 5.02 Å². The van der Waals surface area contributed by atoms with Gasteiger partial charge in [0.1, 0.15) is 5.69 Å². The van der Waals surface area contributed by atoms with Crippen LogP contribution in [-0.2, 0) is 0 Å². The molecule has 1 heterocycles. The number of rotatable bonds is 2. The van der Waals surface area contributed by atoms with E-state index in [2.05, 4.69) is 4.98 Å². The summed E-state index contributed by atoms with van der Waals surface area (Å²) < 4.78 is 0. The minimum Gasteiger partial charge on any atom is -0.349 e. The van der Waals surface area contributed by atoms with Crippen LogP contribution >= 0.6 is 11.6 Å². The first-order valence-electron chi connectivity index (χ1n) is 6.64. The number of H-pyrrole nitrogens is 1. The van der Waals surface area contributed by atoms with E-state index in [1.54, 1.807) is 0 Å². The van der Waals surface area contributed by atoms with Crippen molar-refractivity contribution in [3.8, 4) is 0 Å². The number of halogens is 1. The summed E-state index contributed by atoms with van der Waals surface area (Å²) in [5.74, 6) is 0.942. The molecular formula is C15H15ClN2O. The largest absolute Gasteiger partial charge is 0.349 e. The Morgan fingerprint density at radius 1 is 1.42 bits per heavy atom. The number of amides is 1. The molecule has 2 bridgehead atoms. The van der Waals surface area contributed by atoms with Crippen molar-refractivity contribution in [3.05, 3.63) is 35.0 Å². The van der Waals surface area contributed by atoms with Crippen molar-refractivity contribution >= 4 is 28.4 Å².